The molecule has 0 unspecified atom stereocenters. The van der Waals surface area contributed by atoms with E-state index >= 15 is 0 Å². The summed E-state index contributed by atoms with van der Waals surface area (Å²) in [6.07, 6.45) is 0. The molecule has 2 aromatic carbocycles. The lowest BCUT2D eigenvalue weighted by atomic mass is 10.2. The van der Waals surface area contributed by atoms with Gasteiger partial charge in [-0.3, -0.25) is 0 Å². The highest BCUT2D eigenvalue weighted by Crippen LogP contribution is 2.31. The molecular formula is C18H16O5. The topological polar surface area (TPSA) is 76.7 Å². The molecule has 0 aliphatic heterocycles. The van der Waals surface area contributed by atoms with E-state index in [1.54, 1.807) is 54.6 Å². The first-order valence-electron chi connectivity index (χ1n) is 7.19. The van der Waals surface area contributed by atoms with Crippen LogP contribution in [0.3, 0.4) is 0 Å². The molecule has 0 spiro atoms. The minimum Gasteiger partial charge on any atom is -0.504 e. The maximum absolute atomic E-state index is 11.9. The number of carbonyl (C=O) groups is 1. The summed E-state index contributed by atoms with van der Waals surface area (Å²) >= 11 is 0. The SMILES string of the molecule is CC.O=C(Oc1c(O)c2ccccc2oc1=O)c1ccccc1. The summed E-state index contributed by atoms with van der Waals surface area (Å²) in [7, 11) is 0. The molecule has 5 heteroatoms. The van der Waals surface area contributed by atoms with Gasteiger partial charge in [-0.1, -0.05) is 44.2 Å². The summed E-state index contributed by atoms with van der Waals surface area (Å²) < 4.78 is 9.99. The first-order chi connectivity index (χ1) is 11.2. The van der Waals surface area contributed by atoms with Crippen molar-refractivity contribution in [3.05, 3.63) is 70.6 Å². The normalized spacial score (nSPS) is 9.83. The summed E-state index contributed by atoms with van der Waals surface area (Å²) in [4.78, 5) is 23.8. The van der Waals surface area contributed by atoms with Crippen molar-refractivity contribution in [2.45, 2.75) is 13.8 Å². The molecule has 3 aromatic rings. The van der Waals surface area contributed by atoms with Gasteiger partial charge in [0.2, 0.25) is 0 Å². The Balaban J connectivity index is 0.000000924. The van der Waals surface area contributed by atoms with Crippen LogP contribution in [0.5, 0.6) is 11.5 Å². The minimum absolute atomic E-state index is 0.222. The van der Waals surface area contributed by atoms with Gasteiger partial charge in [-0.15, -0.1) is 0 Å². The molecule has 0 aliphatic carbocycles. The van der Waals surface area contributed by atoms with E-state index in [1.807, 2.05) is 13.8 Å². The van der Waals surface area contributed by atoms with Crippen LogP contribution in [0, 0.1) is 0 Å². The van der Waals surface area contributed by atoms with Crippen LogP contribution in [0.25, 0.3) is 11.0 Å². The summed E-state index contributed by atoms with van der Waals surface area (Å²) in [5, 5.41) is 10.4. The second-order valence-electron chi connectivity index (χ2n) is 4.32. The maximum atomic E-state index is 11.9. The quantitative estimate of drug-likeness (QED) is 0.576. The van der Waals surface area contributed by atoms with Crippen LogP contribution in [0.4, 0.5) is 0 Å². The number of carbonyl (C=O) groups excluding carboxylic acids is 1. The van der Waals surface area contributed by atoms with Gasteiger partial charge in [-0.2, -0.15) is 0 Å². The first kappa shape index (κ1) is 16.3. The second kappa shape index (κ2) is 7.26. The van der Waals surface area contributed by atoms with Crippen molar-refractivity contribution < 1.29 is 19.1 Å². The Morgan fingerprint density at radius 1 is 1.00 bits per heavy atom. The van der Waals surface area contributed by atoms with Gasteiger partial charge in [0.1, 0.15) is 5.58 Å². The third kappa shape index (κ3) is 3.40. The highest BCUT2D eigenvalue weighted by atomic mass is 16.6. The Morgan fingerprint density at radius 3 is 2.30 bits per heavy atom. The zero-order valence-electron chi connectivity index (χ0n) is 12.8. The van der Waals surface area contributed by atoms with Crippen LogP contribution >= 0.6 is 0 Å². The molecular weight excluding hydrogens is 296 g/mol. The van der Waals surface area contributed by atoms with Crippen molar-refractivity contribution in [1.82, 2.24) is 0 Å². The van der Waals surface area contributed by atoms with E-state index in [2.05, 4.69) is 0 Å². The lowest BCUT2D eigenvalue weighted by molar-refractivity contribution is 0.0723. The molecule has 0 aliphatic rings. The van der Waals surface area contributed by atoms with Gasteiger partial charge in [-0.05, 0) is 24.3 Å². The predicted molar refractivity (Wildman–Crippen MR) is 86.9 cm³/mol. The molecule has 23 heavy (non-hydrogen) atoms. The van der Waals surface area contributed by atoms with Crippen molar-refractivity contribution in [3.63, 3.8) is 0 Å². The molecule has 0 atom stereocenters. The average molecular weight is 312 g/mol. The van der Waals surface area contributed by atoms with Crippen molar-refractivity contribution in [1.29, 1.82) is 0 Å². The summed E-state index contributed by atoms with van der Waals surface area (Å²) in [5.41, 5.74) is -0.417. The molecule has 1 N–H and O–H groups in total. The zero-order chi connectivity index (χ0) is 16.8. The van der Waals surface area contributed by atoms with Crippen molar-refractivity contribution in [3.8, 4) is 11.5 Å². The van der Waals surface area contributed by atoms with Gasteiger partial charge in [0.15, 0.2) is 5.75 Å². The predicted octanol–water partition coefficient (Wildman–Crippen LogP) is 3.74. The fourth-order valence-electron chi connectivity index (χ4n) is 1.93. The van der Waals surface area contributed by atoms with Crippen LogP contribution in [0.2, 0.25) is 0 Å². The smallest absolute Gasteiger partial charge is 0.383 e. The van der Waals surface area contributed by atoms with Crippen molar-refractivity contribution in [2.24, 2.45) is 0 Å². The zero-order valence-corrected chi connectivity index (χ0v) is 12.8. The van der Waals surface area contributed by atoms with E-state index in [1.165, 1.54) is 0 Å². The van der Waals surface area contributed by atoms with Gasteiger partial charge < -0.3 is 14.3 Å². The van der Waals surface area contributed by atoms with E-state index in [-0.39, 0.29) is 11.1 Å². The third-order valence-corrected chi connectivity index (χ3v) is 2.95. The second-order valence-corrected chi connectivity index (χ2v) is 4.32. The van der Waals surface area contributed by atoms with Crippen LogP contribution in [-0.4, -0.2) is 11.1 Å². The molecule has 1 aromatic heterocycles. The fourth-order valence-corrected chi connectivity index (χ4v) is 1.93. The summed E-state index contributed by atoms with van der Waals surface area (Å²) in [6.45, 7) is 4.00. The lowest BCUT2D eigenvalue weighted by Crippen LogP contribution is -2.14. The Labute approximate surface area is 132 Å². The Hall–Kier alpha value is -3.08. The van der Waals surface area contributed by atoms with Crippen molar-refractivity contribution in [2.75, 3.05) is 0 Å². The molecule has 3 rings (SSSR count). The van der Waals surface area contributed by atoms with Crippen LogP contribution in [0.1, 0.15) is 24.2 Å². The van der Waals surface area contributed by atoms with E-state index in [9.17, 15) is 14.7 Å². The standard InChI is InChI=1S/C16H10O5.C2H6/c17-13-11-8-4-5-9-12(11)20-16(19)14(13)21-15(18)10-6-2-1-3-7-10;1-2/h1-9,17H;1-2H3. The molecule has 0 saturated heterocycles. The highest BCUT2D eigenvalue weighted by Gasteiger charge is 2.19. The number of benzene rings is 2. The molecule has 1 heterocycles. The minimum atomic E-state index is -0.907. The summed E-state index contributed by atoms with van der Waals surface area (Å²) in [6, 6.07) is 14.6. The Morgan fingerprint density at radius 2 is 1.61 bits per heavy atom. The third-order valence-electron chi connectivity index (χ3n) is 2.95. The van der Waals surface area contributed by atoms with Gasteiger partial charge in [0, 0.05) is 0 Å². The number of aromatic hydroxyl groups is 1. The Bertz CT molecular complexity index is 865. The lowest BCUT2D eigenvalue weighted by Gasteiger charge is -2.06. The number of rotatable bonds is 2. The Kier molecular flexibility index (Phi) is 5.15. The molecule has 0 amide bonds. The van der Waals surface area contributed by atoms with E-state index < -0.39 is 23.1 Å². The number of ether oxygens (including phenoxy) is 1. The van der Waals surface area contributed by atoms with E-state index in [0.29, 0.717) is 5.39 Å². The number of fused-ring (bicyclic) bond motifs is 1. The van der Waals surface area contributed by atoms with Gasteiger partial charge in [0.25, 0.3) is 5.75 Å². The van der Waals surface area contributed by atoms with Crippen LogP contribution < -0.4 is 10.4 Å². The van der Waals surface area contributed by atoms with E-state index in [4.69, 9.17) is 9.15 Å². The molecule has 0 radical (unpaired) electrons. The van der Waals surface area contributed by atoms with Gasteiger partial charge in [0.05, 0.1) is 10.9 Å². The molecule has 5 nitrogen and oxygen atoms in total. The number of hydrogen-bond donors (Lipinski definition) is 1. The summed E-state index contributed by atoms with van der Waals surface area (Å²) in [5.74, 6) is -1.66. The fraction of sp³-hybridized carbons (Fsp3) is 0.111. The largest absolute Gasteiger partial charge is 0.504 e. The monoisotopic (exact) mass is 312 g/mol. The first-order valence-corrected chi connectivity index (χ1v) is 7.19. The van der Waals surface area contributed by atoms with Crippen LogP contribution in [0.15, 0.2) is 63.8 Å². The van der Waals surface area contributed by atoms with Crippen molar-refractivity contribution >= 4 is 16.9 Å². The molecule has 118 valence electrons. The van der Waals surface area contributed by atoms with Crippen LogP contribution in [-0.2, 0) is 0 Å². The maximum Gasteiger partial charge on any atom is 0.383 e. The number of para-hydroxylation sites is 1. The molecule has 0 bridgehead atoms. The molecule has 0 fully saturated rings. The average Bonchev–Trinajstić information content (AvgIpc) is 2.61. The van der Waals surface area contributed by atoms with E-state index in [0.717, 1.165) is 0 Å². The number of hydrogen-bond acceptors (Lipinski definition) is 5. The van der Waals surface area contributed by atoms with Gasteiger partial charge in [-0.25, -0.2) is 9.59 Å². The molecule has 0 saturated carbocycles. The number of esters is 1. The van der Waals surface area contributed by atoms with Gasteiger partial charge >= 0.3 is 11.6 Å². The highest BCUT2D eigenvalue weighted by molar-refractivity contribution is 5.92.